The van der Waals surface area contributed by atoms with Crippen LogP contribution in [-0.4, -0.2) is 14.5 Å². The average Bonchev–Trinajstić information content (AvgIpc) is 3.71. The zero-order valence-corrected chi connectivity index (χ0v) is 31.2. The lowest BCUT2D eigenvalue weighted by Gasteiger charge is -2.22. The lowest BCUT2D eigenvalue weighted by atomic mass is 9.82. The summed E-state index contributed by atoms with van der Waals surface area (Å²) in [6.45, 7) is 4.66. The Labute approximate surface area is 326 Å². The van der Waals surface area contributed by atoms with Gasteiger partial charge in [-0.05, 0) is 86.6 Å². The minimum atomic E-state index is -0.121. The van der Waals surface area contributed by atoms with Gasteiger partial charge in [0, 0.05) is 38.6 Å². The summed E-state index contributed by atoms with van der Waals surface area (Å²) in [7, 11) is 0. The summed E-state index contributed by atoms with van der Waals surface area (Å²) in [6, 6.07) is 67.8. The monoisotopic (exact) mass is 715 g/mol. The number of benzene rings is 8. The maximum Gasteiger partial charge on any atom is 0.160 e. The van der Waals surface area contributed by atoms with E-state index in [2.05, 4.69) is 200 Å². The fraction of sp³-hybridized carbons (Fsp3) is 0.0566. The molecule has 2 heterocycles. The van der Waals surface area contributed by atoms with Crippen LogP contribution in [0.3, 0.4) is 0 Å². The molecule has 0 bridgehead atoms. The molecule has 2 aromatic heterocycles. The first-order valence-electron chi connectivity index (χ1n) is 19.3. The first-order chi connectivity index (χ1) is 27.5. The van der Waals surface area contributed by atoms with Crippen LogP contribution >= 0.6 is 0 Å². The van der Waals surface area contributed by atoms with Crippen molar-refractivity contribution in [2.75, 3.05) is 0 Å². The highest BCUT2D eigenvalue weighted by Gasteiger charge is 2.35. The predicted molar refractivity (Wildman–Crippen MR) is 233 cm³/mol. The van der Waals surface area contributed by atoms with Crippen molar-refractivity contribution in [2.24, 2.45) is 0 Å². The maximum absolute atomic E-state index is 5.36. The summed E-state index contributed by atoms with van der Waals surface area (Å²) in [5, 5.41) is 4.90. The molecule has 3 heteroatoms. The Kier molecular flexibility index (Phi) is 7.20. The Balaban J connectivity index is 1.17. The van der Waals surface area contributed by atoms with Crippen molar-refractivity contribution in [1.82, 2.24) is 14.5 Å². The summed E-state index contributed by atoms with van der Waals surface area (Å²) < 4.78 is 2.41. The smallest absolute Gasteiger partial charge is 0.160 e. The zero-order chi connectivity index (χ0) is 37.4. The number of rotatable bonds is 5. The first kappa shape index (κ1) is 32.3. The molecular weight excluding hydrogens is 679 g/mol. The van der Waals surface area contributed by atoms with Crippen LogP contribution in [0, 0.1) is 0 Å². The van der Waals surface area contributed by atoms with E-state index in [1.54, 1.807) is 0 Å². The summed E-state index contributed by atoms with van der Waals surface area (Å²) >= 11 is 0. The van der Waals surface area contributed by atoms with Gasteiger partial charge in [-0.1, -0.05) is 159 Å². The van der Waals surface area contributed by atoms with E-state index in [0.29, 0.717) is 5.82 Å². The van der Waals surface area contributed by atoms with Gasteiger partial charge < -0.3 is 4.57 Å². The van der Waals surface area contributed by atoms with Gasteiger partial charge in [-0.2, -0.15) is 0 Å². The molecule has 1 aliphatic carbocycles. The van der Waals surface area contributed by atoms with E-state index in [4.69, 9.17) is 9.97 Å². The van der Waals surface area contributed by atoms with Crippen LogP contribution in [0.25, 0.3) is 94.4 Å². The van der Waals surface area contributed by atoms with Gasteiger partial charge in [0.15, 0.2) is 5.82 Å². The Morgan fingerprint density at radius 2 is 0.982 bits per heavy atom. The topological polar surface area (TPSA) is 30.7 Å². The summed E-state index contributed by atoms with van der Waals surface area (Å²) in [5.41, 5.74) is 15.8. The average molecular weight is 716 g/mol. The number of hydrogen-bond donors (Lipinski definition) is 0. The highest BCUT2D eigenvalue weighted by molar-refractivity contribution is 6.09. The van der Waals surface area contributed by atoms with Crippen LogP contribution in [0.4, 0.5) is 0 Å². The molecular formula is C53H37N3. The Morgan fingerprint density at radius 3 is 1.77 bits per heavy atom. The molecule has 0 atom stereocenters. The van der Waals surface area contributed by atoms with E-state index in [1.807, 2.05) is 6.07 Å². The number of fused-ring (bicyclic) bond motifs is 7. The Morgan fingerprint density at radius 1 is 0.393 bits per heavy atom. The standard InChI is InChI=1S/C53H37N3/c1-53(2)46-24-11-8-20-42(46)43-28-27-36(32-47(43)53)48-33-49(55-52(54-48)35-16-4-3-5-17-35)38-29-37(41-23-14-18-34-15-6-7-19-40(34)41)30-39(31-38)56-50-25-12-9-21-44(50)45-22-10-13-26-51(45)56/h3-33H,1-2H3. The number of aromatic nitrogens is 3. The van der Waals surface area contributed by atoms with Crippen molar-refractivity contribution in [3.8, 4) is 61.8 Å². The zero-order valence-electron chi connectivity index (χ0n) is 31.2. The van der Waals surface area contributed by atoms with Gasteiger partial charge >= 0.3 is 0 Å². The van der Waals surface area contributed by atoms with Crippen molar-refractivity contribution < 1.29 is 0 Å². The predicted octanol–water partition coefficient (Wildman–Crippen LogP) is 13.7. The van der Waals surface area contributed by atoms with E-state index in [0.717, 1.165) is 39.3 Å². The molecule has 8 aromatic carbocycles. The number of nitrogens with zero attached hydrogens (tertiary/aromatic N) is 3. The third kappa shape index (κ3) is 5.05. The molecule has 1 aliphatic rings. The number of para-hydroxylation sites is 2. The van der Waals surface area contributed by atoms with Crippen LogP contribution in [0.2, 0.25) is 0 Å². The van der Waals surface area contributed by atoms with Gasteiger partial charge in [-0.15, -0.1) is 0 Å². The van der Waals surface area contributed by atoms with Gasteiger partial charge in [0.1, 0.15) is 0 Å². The van der Waals surface area contributed by atoms with Crippen LogP contribution < -0.4 is 0 Å². The quantitative estimate of drug-likeness (QED) is 0.178. The Hall–Kier alpha value is -7.10. The molecule has 0 spiro atoms. The van der Waals surface area contributed by atoms with Crippen molar-refractivity contribution in [3.05, 3.63) is 199 Å². The van der Waals surface area contributed by atoms with E-state index in [9.17, 15) is 0 Å². The summed E-state index contributed by atoms with van der Waals surface area (Å²) in [5.74, 6) is 0.704. The highest BCUT2D eigenvalue weighted by Crippen LogP contribution is 2.49. The van der Waals surface area contributed by atoms with Crippen LogP contribution in [-0.2, 0) is 5.41 Å². The van der Waals surface area contributed by atoms with Gasteiger partial charge in [0.2, 0.25) is 0 Å². The molecule has 0 saturated heterocycles. The van der Waals surface area contributed by atoms with Crippen molar-refractivity contribution >= 4 is 32.6 Å². The Bertz CT molecular complexity index is 3110. The molecule has 56 heavy (non-hydrogen) atoms. The molecule has 0 saturated carbocycles. The molecule has 0 N–H and O–H groups in total. The van der Waals surface area contributed by atoms with Gasteiger partial charge in [0.25, 0.3) is 0 Å². The largest absolute Gasteiger partial charge is 0.309 e. The second-order valence-corrected chi connectivity index (χ2v) is 15.4. The molecule has 0 amide bonds. The van der Waals surface area contributed by atoms with Crippen LogP contribution in [0.5, 0.6) is 0 Å². The second-order valence-electron chi connectivity index (χ2n) is 15.4. The van der Waals surface area contributed by atoms with Gasteiger partial charge in [-0.25, -0.2) is 9.97 Å². The fourth-order valence-corrected chi connectivity index (χ4v) is 9.04. The van der Waals surface area contributed by atoms with Crippen molar-refractivity contribution in [1.29, 1.82) is 0 Å². The fourth-order valence-electron chi connectivity index (χ4n) is 9.04. The molecule has 0 unspecified atom stereocenters. The lowest BCUT2D eigenvalue weighted by Crippen LogP contribution is -2.14. The normalized spacial score (nSPS) is 13.0. The van der Waals surface area contributed by atoms with E-state index >= 15 is 0 Å². The molecule has 3 nitrogen and oxygen atoms in total. The molecule has 0 fully saturated rings. The van der Waals surface area contributed by atoms with E-state index in [-0.39, 0.29) is 5.41 Å². The highest BCUT2D eigenvalue weighted by atomic mass is 15.0. The van der Waals surface area contributed by atoms with Crippen molar-refractivity contribution in [3.63, 3.8) is 0 Å². The van der Waals surface area contributed by atoms with Gasteiger partial charge in [-0.3, -0.25) is 0 Å². The minimum absolute atomic E-state index is 0.121. The van der Waals surface area contributed by atoms with E-state index < -0.39 is 0 Å². The van der Waals surface area contributed by atoms with Gasteiger partial charge in [0.05, 0.1) is 22.4 Å². The lowest BCUT2D eigenvalue weighted by molar-refractivity contribution is 0.660. The minimum Gasteiger partial charge on any atom is -0.309 e. The maximum atomic E-state index is 5.36. The number of hydrogen-bond acceptors (Lipinski definition) is 2. The molecule has 264 valence electrons. The second kappa shape index (κ2) is 12.5. The molecule has 0 aliphatic heterocycles. The summed E-state index contributed by atoms with van der Waals surface area (Å²) in [6.07, 6.45) is 0. The molecule has 0 radical (unpaired) electrons. The van der Waals surface area contributed by atoms with Crippen LogP contribution in [0.15, 0.2) is 188 Å². The molecule has 11 rings (SSSR count). The molecule has 10 aromatic rings. The summed E-state index contributed by atoms with van der Waals surface area (Å²) in [4.78, 5) is 10.6. The van der Waals surface area contributed by atoms with Crippen molar-refractivity contribution in [2.45, 2.75) is 19.3 Å². The third-order valence-electron chi connectivity index (χ3n) is 11.8. The first-order valence-corrected chi connectivity index (χ1v) is 19.3. The van der Waals surface area contributed by atoms with E-state index in [1.165, 1.54) is 60.4 Å². The van der Waals surface area contributed by atoms with Crippen LogP contribution in [0.1, 0.15) is 25.0 Å². The SMILES string of the molecule is CC1(C)c2ccccc2-c2ccc(-c3cc(-c4cc(-c5cccc6ccccc56)cc(-n5c6ccccc6c6ccccc65)c4)nc(-c4ccccc4)n3)cc21. The third-order valence-corrected chi connectivity index (χ3v) is 11.8.